The van der Waals surface area contributed by atoms with E-state index in [4.69, 9.17) is 0 Å². The molecule has 0 aliphatic heterocycles. The average Bonchev–Trinajstić information content (AvgIpc) is 2.16. The van der Waals surface area contributed by atoms with Crippen molar-refractivity contribution in [2.45, 2.75) is 32.0 Å². The highest BCUT2D eigenvalue weighted by molar-refractivity contribution is 7.99. The van der Waals surface area contributed by atoms with Gasteiger partial charge in [0.1, 0.15) is 0 Å². The second-order valence-corrected chi connectivity index (χ2v) is 4.48. The molecule has 0 spiro atoms. The van der Waals surface area contributed by atoms with Crippen molar-refractivity contribution < 1.29 is 0 Å². The monoisotopic (exact) mass is 227 g/mol. The maximum absolute atomic E-state index is 4.30. The number of hydrogen-bond acceptors (Lipinski definition) is 6. The molecule has 0 amide bonds. The van der Waals surface area contributed by atoms with Crippen LogP contribution >= 0.6 is 11.8 Å². The molecule has 1 rings (SSSR count). The van der Waals surface area contributed by atoms with Gasteiger partial charge in [-0.2, -0.15) is 15.0 Å². The van der Waals surface area contributed by atoms with Gasteiger partial charge < -0.3 is 10.6 Å². The van der Waals surface area contributed by atoms with Crippen LogP contribution in [0.1, 0.15) is 20.8 Å². The molecule has 5 nitrogen and oxygen atoms in total. The maximum atomic E-state index is 4.30. The summed E-state index contributed by atoms with van der Waals surface area (Å²) in [5.74, 6) is 2.18. The Kier molecular flexibility index (Phi) is 4.61. The van der Waals surface area contributed by atoms with Crippen LogP contribution in [0, 0.1) is 0 Å². The van der Waals surface area contributed by atoms with Gasteiger partial charge in [-0.25, -0.2) is 0 Å². The number of rotatable bonds is 5. The third-order valence-electron chi connectivity index (χ3n) is 1.53. The minimum atomic E-state index is 0.316. The Bertz CT molecular complexity index is 315. The van der Waals surface area contributed by atoms with Crippen LogP contribution in [-0.2, 0) is 0 Å². The zero-order valence-corrected chi connectivity index (χ0v) is 10.4. The summed E-state index contributed by atoms with van der Waals surface area (Å²) in [6.07, 6.45) is 0. The minimum Gasteiger partial charge on any atom is -0.357 e. The topological polar surface area (TPSA) is 62.7 Å². The van der Waals surface area contributed by atoms with Crippen molar-refractivity contribution in [3.8, 4) is 0 Å². The third kappa shape index (κ3) is 3.91. The van der Waals surface area contributed by atoms with Gasteiger partial charge in [0.15, 0.2) is 5.16 Å². The van der Waals surface area contributed by atoms with Crippen LogP contribution in [0.2, 0.25) is 0 Å². The molecule has 0 radical (unpaired) electrons. The summed E-state index contributed by atoms with van der Waals surface area (Å²) >= 11 is 1.60. The van der Waals surface area contributed by atoms with Gasteiger partial charge in [0.05, 0.1) is 0 Å². The van der Waals surface area contributed by atoms with Gasteiger partial charge in [-0.1, -0.05) is 18.7 Å². The summed E-state index contributed by atoms with van der Waals surface area (Å²) in [7, 11) is 1.80. The number of aromatic nitrogens is 3. The highest BCUT2D eigenvalue weighted by atomic mass is 32.2. The molecule has 0 fully saturated rings. The van der Waals surface area contributed by atoms with Crippen molar-refractivity contribution >= 4 is 23.7 Å². The Morgan fingerprint density at radius 2 is 1.87 bits per heavy atom. The van der Waals surface area contributed by atoms with E-state index in [9.17, 15) is 0 Å². The Hall–Kier alpha value is -1.04. The van der Waals surface area contributed by atoms with Crippen LogP contribution in [0.15, 0.2) is 5.16 Å². The SMILES string of the molecule is CCSc1nc(NC)nc(NC(C)C)n1. The van der Waals surface area contributed by atoms with Gasteiger partial charge >= 0.3 is 0 Å². The van der Waals surface area contributed by atoms with E-state index in [0.717, 1.165) is 10.9 Å². The molecule has 2 N–H and O–H groups in total. The molecule has 1 aromatic rings. The summed E-state index contributed by atoms with van der Waals surface area (Å²) in [4.78, 5) is 12.8. The van der Waals surface area contributed by atoms with Gasteiger partial charge in [-0.15, -0.1) is 0 Å². The lowest BCUT2D eigenvalue weighted by molar-refractivity contribution is 0.838. The van der Waals surface area contributed by atoms with E-state index >= 15 is 0 Å². The fourth-order valence-electron chi connectivity index (χ4n) is 0.985. The van der Waals surface area contributed by atoms with Gasteiger partial charge in [-0.05, 0) is 19.6 Å². The van der Waals surface area contributed by atoms with Crippen LogP contribution in [0.5, 0.6) is 0 Å². The van der Waals surface area contributed by atoms with Gasteiger partial charge in [-0.3, -0.25) is 0 Å². The van der Waals surface area contributed by atoms with Crippen molar-refractivity contribution in [3.63, 3.8) is 0 Å². The lowest BCUT2D eigenvalue weighted by atomic mass is 10.4. The van der Waals surface area contributed by atoms with E-state index in [1.807, 2.05) is 0 Å². The van der Waals surface area contributed by atoms with Crippen molar-refractivity contribution in [2.75, 3.05) is 23.4 Å². The Balaban J connectivity index is 2.89. The number of thioether (sulfide) groups is 1. The Morgan fingerprint density at radius 1 is 1.20 bits per heavy atom. The second kappa shape index (κ2) is 5.75. The molecule has 0 aliphatic rings. The molecule has 0 aliphatic carbocycles. The molecule has 0 bridgehead atoms. The molecule has 0 unspecified atom stereocenters. The molecule has 1 heterocycles. The average molecular weight is 227 g/mol. The van der Waals surface area contributed by atoms with E-state index in [1.165, 1.54) is 0 Å². The van der Waals surface area contributed by atoms with Gasteiger partial charge in [0, 0.05) is 13.1 Å². The first-order chi connectivity index (χ1) is 7.15. The zero-order valence-electron chi connectivity index (χ0n) is 9.53. The predicted octanol–water partition coefficient (Wildman–Crippen LogP) is 1.85. The highest BCUT2D eigenvalue weighted by Gasteiger charge is 2.05. The lowest BCUT2D eigenvalue weighted by Gasteiger charge is -2.09. The standard InChI is InChI=1S/C9H17N5S/c1-5-15-9-13-7(10-4)12-8(14-9)11-6(2)3/h6H,5H2,1-4H3,(H2,10,11,12,13,14). The first-order valence-electron chi connectivity index (χ1n) is 4.98. The van der Waals surface area contributed by atoms with E-state index in [2.05, 4.69) is 46.4 Å². The molecular formula is C9H17N5S. The minimum absolute atomic E-state index is 0.316. The fraction of sp³-hybridized carbons (Fsp3) is 0.667. The lowest BCUT2D eigenvalue weighted by Crippen LogP contribution is -2.14. The Labute approximate surface area is 94.5 Å². The molecule has 6 heteroatoms. The number of hydrogen-bond donors (Lipinski definition) is 2. The molecule has 15 heavy (non-hydrogen) atoms. The maximum Gasteiger partial charge on any atom is 0.228 e. The molecule has 0 aromatic carbocycles. The largest absolute Gasteiger partial charge is 0.357 e. The summed E-state index contributed by atoms with van der Waals surface area (Å²) in [5, 5.41) is 6.84. The number of nitrogens with zero attached hydrogens (tertiary/aromatic N) is 3. The number of anilines is 2. The van der Waals surface area contributed by atoms with E-state index in [1.54, 1.807) is 18.8 Å². The zero-order chi connectivity index (χ0) is 11.3. The summed E-state index contributed by atoms with van der Waals surface area (Å²) in [6, 6.07) is 0.316. The quantitative estimate of drug-likeness (QED) is 0.748. The summed E-state index contributed by atoms with van der Waals surface area (Å²) < 4.78 is 0. The normalized spacial score (nSPS) is 10.5. The molecular weight excluding hydrogens is 210 g/mol. The van der Waals surface area contributed by atoms with Crippen LogP contribution in [0.3, 0.4) is 0 Å². The van der Waals surface area contributed by atoms with E-state index in [-0.39, 0.29) is 0 Å². The molecule has 84 valence electrons. The summed E-state index contributed by atoms with van der Waals surface area (Å²) in [6.45, 7) is 6.17. The first kappa shape index (κ1) is 12.0. The predicted molar refractivity (Wildman–Crippen MR) is 64.5 cm³/mol. The first-order valence-corrected chi connectivity index (χ1v) is 5.97. The Morgan fingerprint density at radius 3 is 2.40 bits per heavy atom. The fourth-order valence-corrected chi connectivity index (χ4v) is 1.54. The molecule has 0 atom stereocenters. The van der Waals surface area contributed by atoms with Crippen LogP contribution in [0.4, 0.5) is 11.9 Å². The van der Waals surface area contributed by atoms with Crippen LogP contribution in [-0.4, -0.2) is 33.8 Å². The van der Waals surface area contributed by atoms with Gasteiger partial charge in [0.2, 0.25) is 11.9 Å². The van der Waals surface area contributed by atoms with Crippen molar-refractivity contribution in [1.29, 1.82) is 0 Å². The van der Waals surface area contributed by atoms with Crippen LogP contribution < -0.4 is 10.6 Å². The third-order valence-corrected chi connectivity index (χ3v) is 2.26. The van der Waals surface area contributed by atoms with Gasteiger partial charge in [0.25, 0.3) is 0 Å². The van der Waals surface area contributed by atoms with Crippen molar-refractivity contribution in [1.82, 2.24) is 15.0 Å². The molecule has 0 saturated carbocycles. The summed E-state index contributed by atoms with van der Waals surface area (Å²) in [5.41, 5.74) is 0. The highest BCUT2D eigenvalue weighted by Crippen LogP contribution is 2.15. The molecule has 1 aromatic heterocycles. The molecule has 0 saturated heterocycles. The number of nitrogens with one attached hydrogen (secondary N) is 2. The van der Waals surface area contributed by atoms with Crippen LogP contribution in [0.25, 0.3) is 0 Å². The van der Waals surface area contributed by atoms with E-state index < -0.39 is 0 Å². The van der Waals surface area contributed by atoms with E-state index in [0.29, 0.717) is 17.9 Å². The van der Waals surface area contributed by atoms with Crippen molar-refractivity contribution in [2.24, 2.45) is 0 Å². The second-order valence-electron chi connectivity index (χ2n) is 3.25. The van der Waals surface area contributed by atoms with Crippen molar-refractivity contribution in [3.05, 3.63) is 0 Å². The smallest absolute Gasteiger partial charge is 0.228 e.